The Morgan fingerprint density at radius 3 is 2.47 bits per heavy atom. The Labute approximate surface area is 105 Å². The molecule has 0 aromatic carbocycles. The second-order valence-electron chi connectivity index (χ2n) is 4.76. The molecule has 0 atom stereocenters. The summed E-state index contributed by atoms with van der Waals surface area (Å²) >= 11 is 0. The van der Waals surface area contributed by atoms with Gasteiger partial charge in [0, 0.05) is 13.0 Å². The van der Waals surface area contributed by atoms with Gasteiger partial charge < -0.3 is 9.64 Å². The topological polar surface area (TPSA) is 41.9 Å². The number of carbonyl (C=O) groups is 1. The van der Waals surface area contributed by atoms with Crippen LogP contribution in [0.3, 0.4) is 0 Å². The van der Waals surface area contributed by atoms with Gasteiger partial charge in [-0.3, -0.25) is 9.79 Å². The molecule has 0 aliphatic carbocycles. The molecule has 0 aliphatic heterocycles. The Hall–Kier alpha value is -0.900. The number of rotatable bonds is 7. The molecule has 0 saturated heterocycles. The first kappa shape index (κ1) is 16.1. The van der Waals surface area contributed by atoms with Crippen LogP contribution in [-0.4, -0.2) is 44.0 Å². The van der Waals surface area contributed by atoms with Gasteiger partial charge >= 0.3 is 5.97 Å². The number of nitrogens with zero attached hydrogens (tertiary/aromatic N) is 2. The second-order valence-corrected chi connectivity index (χ2v) is 4.76. The van der Waals surface area contributed by atoms with E-state index in [1.54, 1.807) is 0 Å². The molecule has 0 rings (SSSR count). The zero-order valence-corrected chi connectivity index (χ0v) is 11.8. The number of ether oxygens (including phenoxy) is 1. The molecule has 0 saturated carbocycles. The minimum absolute atomic E-state index is 0.0983. The highest BCUT2D eigenvalue weighted by Crippen LogP contribution is 2.02. The van der Waals surface area contributed by atoms with Crippen LogP contribution in [0.25, 0.3) is 0 Å². The van der Waals surface area contributed by atoms with Gasteiger partial charge in [-0.1, -0.05) is 20.8 Å². The molecular formula is C13H26N2O2. The maximum Gasteiger partial charge on any atom is 0.314 e. The monoisotopic (exact) mass is 242 g/mol. The third-order valence-electron chi connectivity index (χ3n) is 2.21. The molecule has 0 amide bonds. The fourth-order valence-electron chi connectivity index (χ4n) is 1.20. The van der Waals surface area contributed by atoms with E-state index in [9.17, 15) is 4.79 Å². The van der Waals surface area contributed by atoms with Crippen molar-refractivity contribution in [1.82, 2.24) is 4.90 Å². The minimum Gasteiger partial charge on any atom is -0.412 e. The smallest absolute Gasteiger partial charge is 0.314 e. The van der Waals surface area contributed by atoms with Crippen molar-refractivity contribution >= 4 is 11.9 Å². The van der Waals surface area contributed by atoms with E-state index in [2.05, 4.69) is 16.8 Å². The molecule has 4 nitrogen and oxygen atoms in total. The minimum atomic E-state index is -0.190. The SMILES string of the molecule is CCC/C(=N/CCCN(C)C)OC(=O)C(C)C. The van der Waals surface area contributed by atoms with Crippen LogP contribution in [0.2, 0.25) is 0 Å². The van der Waals surface area contributed by atoms with E-state index < -0.39 is 0 Å². The molecule has 4 heteroatoms. The first-order valence-electron chi connectivity index (χ1n) is 6.37. The van der Waals surface area contributed by atoms with E-state index in [4.69, 9.17) is 4.74 Å². The van der Waals surface area contributed by atoms with Gasteiger partial charge in [-0.15, -0.1) is 0 Å². The molecule has 17 heavy (non-hydrogen) atoms. The Bertz CT molecular complexity index is 248. The zero-order valence-electron chi connectivity index (χ0n) is 11.8. The van der Waals surface area contributed by atoms with Crippen LogP contribution in [0.4, 0.5) is 0 Å². The van der Waals surface area contributed by atoms with Crippen molar-refractivity contribution in [3.8, 4) is 0 Å². The Morgan fingerprint density at radius 2 is 2.00 bits per heavy atom. The van der Waals surface area contributed by atoms with E-state index in [0.717, 1.165) is 32.4 Å². The third-order valence-corrected chi connectivity index (χ3v) is 2.21. The van der Waals surface area contributed by atoms with Crippen LogP contribution in [0.15, 0.2) is 4.99 Å². The average molecular weight is 242 g/mol. The molecular weight excluding hydrogens is 216 g/mol. The second kappa shape index (κ2) is 9.16. The van der Waals surface area contributed by atoms with E-state index >= 15 is 0 Å². The molecule has 0 aromatic heterocycles. The van der Waals surface area contributed by atoms with Crippen LogP contribution in [0.1, 0.15) is 40.0 Å². The van der Waals surface area contributed by atoms with E-state index in [-0.39, 0.29) is 11.9 Å². The number of carbonyl (C=O) groups excluding carboxylic acids is 1. The Morgan fingerprint density at radius 1 is 1.35 bits per heavy atom. The average Bonchev–Trinajstić information content (AvgIpc) is 2.23. The van der Waals surface area contributed by atoms with E-state index in [1.165, 1.54) is 0 Å². The van der Waals surface area contributed by atoms with Gasteiger partial charge in [0.05, 0.1) is 5.92 Å². The highest BCUT2D eigenvalue weighted by molar-refractivity contribution is 5.89. The quantitative estimate of drug-likeness (QED) is 0.298. The first-order valence-corrected chi connectivity index (χ1v) is 6.37. The third kappa shape index (κ3) is 8.86. The van der Waals surface area contributed by atoms with Crippen LogP contribution < -0.4 is 0 Å². The van der Waals surface area contributed by atoms with Crippen molar-refractivity contribution in [2.45, 2.75) is 40.0 Å². The first-order chi connectivity index (χ1) is 7.97. The summed E-state index contributed by atoms with van der Waals surface area (Å²) in [6.07, 6.45) is 2.66. The van der Waals surface area contributed by atoms with Crippen LogP contribution in [-0.2, 0) is 9.53 Å². The summed E-state index contributed by atoms with van der Waals surface area (Å²) in [4.78, 5) is 17.9. The largest absolute Gasteiger partial charge is 0.412 e. The fraction of sp³-hybridized carbons (Fsp3) is 0.846. The van der Waals surface area contributed by atoms with Gasteiger partial charge in [-0.2, -0.15) is 0 Å². The van der Waals surface area contributed by atoms with Crippen molar-refractivity contribution in [3.63, 3.8) is 0 Å². The van der Waals surface area contributed by atoms with Gasteiger partial charge in [-0.05, 0) is 33.5 Å². The lowest BCUT2D eigenvalue weighted by Gasteiger charge is -2.10. The van der Waals surface area contributed by atoms with Crippen molar-refractivity contribution in [2.75, 3.05) is 27.2 Å². The van der Waals surface area contributed by atoms with Crippen molar-refractivity contribution in [1.29, 1.82) is 0 Å². The number of esters is 1. The lowest BCUT2D eigenvalue weighted by molar-refractivity contribution is -0.139. The normalized spacial score (nSPS) is 12.3. The molecule has 0 spiro atoms. The fourth-order valence-corrected chi connectivity index (χ4v) is 1.20. The lowest BCUT2D eigenvalue weighted by atomic mass is 10.2. The molecule has 0 N–H and O–H groups in total. The molecule has 0 aromatic rings. The number of hydrogen-bond acceptors (Lipinski definition) is 4. The standard InChI is InChI=1S/C13H26N2O2/c1-6-8-12(17-13(16)11(2)3)14-9-7-10-15(4)5/h11H,6-10H2,1-5H3/b14-12-. The van der Waals surface area contributed by atoms with Gasteiger partial charge in [0.1, 0.15) is 0 Å². The molecule has 100 valence electrons. The molecule has 0 heterocycles. The predicted octanol–water partition coefficient (Wildman–Crippen LogP) is 2.34. The van der Waals surface area contributed by atoms with E-state index in [1.807, 2.05) is 27.9 Å². The van der Waals surface area contributed by atoms with Crippen LogP contribution in [0, 0.1) is 5.92 Å². The highest BCUT2D eigenvalue weighted by atomic mass is 16.5. The van der Waals surface area contributed by atoms with Gasteiger partial charge in [0.25, 0.3) is 0 Å². The summed E-state index contributed by atoms with van der Waals surface area (Å²) in [7, 11) is 4.07. The summed E-state index contributed by atoms with van der Waals surface area (Å²) in [5, 5.41) is 0. The maximum absolute atomic E-state index is 11.5. The molecule has 0 fully saturated rings. The van der Waals surface area contributed by atoms with E-state index in [0.29, 0.717) is 5.90 Å². The zero-order chi connectivity index (χ0) is 13.3. The van der Waals surface area contributed by atoms with Crippen molar-refractivity contribution in [3.05, 3.63) is 0 Å². The summed E-state index contributed by atoms with van der Waals surface area (Å²) in [5.41, 5.74) is 0. The highest BCUT2D eigenvalue weighted by Gasteiger charge is 2.11. The van der Waals surface area contributed by atoms with Crippen molar-refractivity contribution < 1.29 is 9.53 Å². The van der Waals surface area contributed by atoms with Gasteiger partial charge in [0.15, 0.2) is 5.90 Å². The van der Waals surface area contributed by atoms with Gasteiger partial charge in [-0.25, -0.2) is 0 Å². The number of aliphatic imine (C=N–C) groups is 1. The van der Waals surface area contributed by atoms with Crippen molar-refractivity contribution in [2.24, 2.45) is 10.9 Å². The lowest BCUT2D eigenvalue weighted by Crippen LogP contribution is -2.18. The molecule has 0 aliphatic rings. The number of hydrogen-bond donors (Lipinski definition) is 0. The van der Waals surface area contributed by atoms with Crippen LogP contribution in [0.5, 0.6) is 0 Å². The van der Waals surface area contributed by atoms with Gasteiger partial charge in [0.2, 0.25) is 0 Å². The Balaban J connectivity index is 4.12. The summed E-state index contributed by atoms with van der Waals surface area (Å²) in [6.45, 7) is 7.44. The summed E-state index contributed by atoms with van der Waals surface area (Å²) < 4.78 is 5.26. The summed E-state index contributed by atoms with van der Waals surface area (Å²) in [6, 6.07) is 0. The molecule has 0 bridgehead atoms. The molecule has 0 radical (unpaired) electrons. The Kier molecular flexibility index (Phi) is 8.68. The van der Waals surface area contributed by atoms with Crippen LogP contribution >= 0.6 is 0 Å². The summed E-state index contributed by atoms with van der Waals surface area (Å²) in [5.74, 6) is 0.300. The predicted molar refractivity (Wildman–Crippen MR) is 71.3 cm³/mol. The maximum atomic E-state index is 11.5. The molecule has 0 unspecified atom stereocenters.